The number of Topliss-reactive ketones (excluding diaryl/α,β-unsaturated/α-hetero) is 1. The van der Waals surface area contributed by atoms with Crippen molar-refractivity contribution in [2.24, 2.45) is 0 Å². The SMILES string of the molecule is O=C1C(=O)N(Cc2ccccc2)C(c2ccccc2F)/C1=C(\O)c1ccc(Cl)cc1. The smallest absolute Gasteiger partial charge is 0.295 e. The van der Waals surface area contributed by atoms with E-state index in [9.17, 15) is 19.1 Å². The number of benzene rings is 3. The largest absolute Gasteiger partial charge is 0.507 e. The summed E-state index contributed by atoms with van der Waals surface area (Å²) in [6, 6.07) is 20.2. The van der Waals surface area contributed by atoms with Gasteiger partial charge in [0.2, 0.25) is 0 Å². The van der Waals surface area contributed by atoms with Gasteiger partial charge in [-0.05, 0) is 35.9 Å². The Kier molecular flexibility index (Phi) is 5.38. The maximum atomic E-state index is 14.7. The summed E-state index contributed by atoms with van der Waals surface area (Å²) in [6.45, 7) is 0.0990. The molecule has 0 radical (unpaired) electrons. The van der Waals surface area contributed by atoms with Crippen LogP contribution in [0.25, 0.3) is 5.76 Å². The van der Waals surface area contributed by atoms with Crippen molar-refractivity contribution in [2.75, 3.05) is 0 Å². The molecule has 4 rings (SSSR count). The molecule has 1 aliphatic rings. The number of carbonyl (C=O) groups excluding carboxylic acids is 2. The predicted molar refractivity (Wildman–Crippen MR) is 112 cm³/mol. The van der Waals surface area contributed by atoms with Gasteiger partial charge in [0.15, 0.2) is 0 Å². The van der Waals surface area contributed by atoms with Crippen molar-refractivity contribution in [1.82, 2.24) is 4.90 Å². The number of aliphatic hydroxyl groups excluding tert-OH is 1. The summed E-state index contributed by atoms with van der Waals surface area (Å²) in [5, 5.41) is 11.4. The number of nitrogens with zero attached hydrogens (tertiary/aromatic N) is 1. The number of aliphatic hydroxyl groups is 1. The minimum Gasteiger partial charge on any atom is -0.507 e. The van der Waals surface area contributed by atoms with Crippen LogP contribution < -0.4 is 0 Å². The summed E-state index contributed by atoms with van der Waals surface area (Å²) >= 11 is 5.91. The van der Waals surface area contributed by atoms with Gasteiger partial charge in [-0.25, -0.2) is 4.39 Å². The van der Waals surface area contributed by atoms with E-state index in [0.29, 0.717) is 10.6 Å². The number of rotatable bonds is 4. The van der Waals surface area contributed by atoms with Gasteiger partial charge in [-0.3, -0.25) is 9.59 Å². The van der Waals surface area contributed by atoms with Gasteiger partial charge in [-0.2, -0.15) is 0 Å². The van der Waals surface area contributed by atoms with Gasteiger partial charge in [0.05, 0.1) is 11.6 Å². The average Bonchev–Trinajstić information content (AvgIpc) is 3.00. The van der Waals surface area contributed by atoms with Crippen LogP contribution in [0.3, 0.4) is 0 Å². The van der Waals surface area contributed by atoms with Gasteiger partial charge in [0, 0.05) is 22.7 Å². The summed E-state index contributed by atoms with van der Waals surface area (Å²) < 4.78 is 14.7. The third-order valence-corrected chi connectivity index (χ3v) is 5.31. The van der Waals surface area contributed by atoms with Crippen molar-refractivity contribution in [3.63, 3.8) is 0 Å². The van der Waals surface area contributed by atoms with E-state index < -0.39 is 23.5 Å². The molecule has 1 N–H and O–H groups in total. The Labute approximate surface area is 177 Å². The molecule has 3 aromatic carbocycles. The van der Waals surface area contributed by atoms with Gasteiger partial charge in [-0.1, -0.05) is 60.1 Å². The molecule has 0 bridgehead atoms. The van der Waals surface area contributed by atoms with Crippen molar-refractivity contribution >= 4 is 29.1 Å². The molecular weight excluding hydrogens is 405 g/mol. The first kappa shape index (κ1) is 19.9. The maximum Gasteiger partial charge on any atom is 0.295 e. The standard InChI is InChI=1S/C24H17ClFNO3/c25-17-12-10-16(11-13-17)22(28)20-21(18-8-4-5-9-19(18)26)27(24(30)23(20)29)14-15-6-2-1-3-7-15/h1-13,21,28H,14H2/b22-20+. The molecule has 3 aromatic rings. The molecule has 1 amide bonds. The van der Waals surface area contributed by atoms with E-state index in [2.05, 4.69) is 0 Å². The van der Waals surface area contributed by atoms with E-state index in [4.69, 9.17) is 11.6 Å². The van der Waals surface area contributed by atoms with E-state index in [-0.39, 0.29) is 23.4 Å². The van der Waals surface area contributed by atoms with Crippen molar-refractivity contribution in [3.05, 3.63) is 112 Å². The first-order valence-corrected chi connectivity index (χ1v) is 9.68. The molecule has 30 heavy (non-hydrogen) atoms. The fourth-order valence-electron chi connectivity index (χ4n) is 3.61. The second-order valence-electron chi connectivity index (χ2n) is 6.94. The first-order valence-electron chi connectivity index (χ1n) is 9.30. The van der Waals surface area contributed by atoms with E-state index in [1.807, 2.05) is 30.3 Å². The van der Waals surface area contributed by atoms with Crippen LogP contribution in [0.2, 0.25) is 5.02 Å². The van der Waals surface area contributed by atoms with Crippen LogP contribution in [0.1, 0.15) is 22.7 Å². The lowest BCUT2D eigenvalue weighted by molar-refractivity contribution is -0.140. The molecule has 1 heterocycles. The normalized spacial score (nSPS) is 18.1. The van der Waals surface area contributed by atoms with Gasteiger partial charge in [-0.15, -0.1) is 0 Å². The van der Waals surface area contributed by atoms with Crippen LogP contribution >= 0.6 is 11.6 Å². The quantitative estimate of drug-likeness (QED) is 0.362. The molecule has 0 aromatic heterocycles. The number of hydrogen-bond donors (Lipinski definition) is 1. The summed E-state index contributed by atoms with van der Waals surface area (Å²) in [7, 11) is 0. The van der Waals surface area contributed by atoms with Crippen LogP contribution in [0, 0.1) is 5.82 Å². The van der Waals surface area contributed by atoms with E-state index >= 15 is 0 Å². The highest BCUT2D eigenvalue weighted by Crippen LogP contribution is 2.41. The summed E-state index contributed by atoms with van der Waals surface area (Å²) in [5.41, 5.74) is 1.09. The highest BCUT2D eigenvalue weighted by molar-refractivity contribution is 6.46. The zero-order valence-corrected chi connectivity index (χ0v) is 16.5. The average molecular weight is 422 g/mol. The molecule has 1 fully saturated rings. The zero-order valence-electron chi connectivity index (χ0n) is 15.8. The highest BCUT2D eigenvalue weighted by atomic mass is 35.5. The number of halogens is 2. The number of carbonyl (C=O) groups is 2. The third-order valence-electron chi connectivity index (χ3n) is 5.05. The molecule has 1 unspecified atom stereocenters. The lowest BCUT2D eigenvalue weighted by atomic mass is 9.95. The van der Waals surface area contributed by atoms with Crippen LogP contribution in [0.15, 0.2) is 84.4 Å². The Balaban J connectivity index is 1.88. The summed E-state index contributed by atoms with van der Waals surface area (Å²) in [5.74, 6) is -2.58. The Hall–Kier alpha value is -3.44. The van der Waals surface area contributed by atoms with Crippen molar-refractivity contribution in [3.8, 4) is 0 Å². The molecule has 1 saturated heterocycles. The van der Waals surface area contributed by atoms with Crippen molar-refractivity contribution < 1.29 is 19.1 Å². The van der Waals surface area contributed by atoms with Crippen LogP contribution in [-0.2, 0) is 16.1 Å². The Morgan fingerprint density at radius 2 is 1.57 bits per heavy atom. The Bertz CT molecular complexity index is 1140. The topological polar surface area (TPSA) is 57.6 Å². The molecule has 6 heteroatoms. The van der Waals surface area contributed by atoms with E-state index in [1.54, 1.807) is 30.3 Å². The monoisotopic (exact) mass is 421 g/mol. The number of ketones is 1. The zero-order chi connectivity index (χ0) is 21.3. The van der Waals surface area contributed by atoms with E-state index in [1.165, 1.54) is 23.1 Å². The Morgan fingerprint density at radius 1 is 0.933 bits per heavy atom. The summed E-state index contributed by atoms with van der Waals surface area (Å²) in [4.78, 5) is 27.1. The molecule has 0 saturated carbocycles. The molecule has 1 aliphatic heterocycles. The van der Waals surface area contributed by atoms with Crippen molar-refractivity contribution in [1.29, 1.82) is 0 Å². The molecular formula is C24H17ClFNO3. The second kappa shape index (κ2) is 8.13. The second-order valence-corrected chi connectivity index (χ2v) is 7.38. The maximum absolute atomic E-state index is 14.7. The third kappa shape index (κ3) is 3.60. The van der Waals surface area contributed by atoms with Crippen LogP contribution in [0.5, 0.6) is 0 Å². The lowest BCUT2D eigenvalue weighted by Crippen LogP contribution is -2.29. The van der Waals surface area contributed by atoms with Gasteiger partial charge < -0.3 is 10.0 Å². The molecule has 1 atom stereocenters. The fraction of sp³-hybridized carbons (Fsp3) is 0.0833. The molecule has 4 nitrogen and oxygen atoms in total. The van der Waals surface area contributed by atoms with Crippen LogP contribution in [0.4, 0.5) is 4.39 Å². The van der Waals surface area contributed by atoms with E-state index in [0.717, 1.165) is 5.56 Å². The minimum atomic E-state index is -1.05. The van der Waals surface area contributed by atoms with Gasteiger partial charge in [0.1, 0.15) is 11.6 Å². The van der Waals surface area contributed by atoms with Gasteiger partial charge in [0.25, 0.3) is 11.7 Å². The number of likely N-dealkylation sites (tertiary alicyclic amines) is 1. The van der Waals surface area contributed by atoms with Crippen molar-refractivity contribution in [2.45, 2.75) is 12.6 Å². The lowest BCUT2D eigenvalue weighted by Gasteiger charge is -2.25. The van der Waals surface area contributed by atoms with Crippen LogP contribution in [-0.4, -0.2) is 21.7 Å². The molecule has 150 valence electrons. The number of hydrogen-bond acceptors (Lipinski definition) is 3. The predicted octanol–water partition coefficient (Wildman–Crippen LogP) is 5.10. The summed E-state index contributed by atoms with van der Waals surface area (Å²) in [6.07, 6.45) is 0. The minimum absolute atomic E-state index is 0.0990. The molecule has 0 spiro atoms. The molecule has 0 aliphatic carbocycles. The highest BCUT2D eigenvalue weighted by Gasteiger charge is 2.46. The fourth-order valence-corrected chi connectivity index (χ4v) is 3.73. The Morgan fingerprint density at radius 3 is 2.23 bits per heavy atom. The van der Waals surface area contributed by atoms with Gasteiger partial charge >= 0.3 is 0 Å². The first-order chi connectivity index (χ1) is 14.5. The number of amides is 1.